The molecule has 0 saturated carbocycles. The van der Waals surface area contributed by atoms with E-state index in [2.05, 4.69) is 4.74 Å². The fourth-order valence-electron chi connectivity index (χ4n) is 0.625. The van der Waals surface area contributed by atoms with Crippen molar-refractivity contribution in [3.05, 3.63) is 0 Å². The van der Waals surface area contributed by atoms with Gasteiger partial charge in [0.25, 0.3) is 0 Å². The smallest absolute Gasteiger partial charge is 0.332 e. The highest BCUT2D eigenvalue weighted by atomic mass is 16.6. The lowest BCUT2D eigenvalue weighted by molar-refractivity contribution is -0.162. The van der Waals surface area contributed by atoms with Crippen molar-refractivity contribution in [2.24, 2.45) is 17.2 Å². The molecule has 0 aromatic heterocycles. The maximum atomic E-state index is 11.0. The highest BCUT2D eigenvalue weighted by molar-refractivity contribution is 5.92. The molecule has 0 aliphatic heterocycles. The normalized spacial score (nSPS) is 14.1. The summed E-state index contributed by atoms with van der Waals surface area (Å²) in [4.78, 5) is 32.2. The third-order valence-electron chi connectivity index (χ3n) is 1.42. The van der Waals surface area contributed by atoms with Gasteiger partial charge in [-0.2, -0.15) is 0 Å². The van der Waals surface area contributed by atoms with Crippen LogP contribution in [0.25, 0.3) is 0 Å². The van der Waals surface area contributed by atoms with E-state index in [9.17, 15) is 14.4 Å². The summed E-state index contributed by atoms with van der Waals surface area (Å²) < 4.78 is 4.17. The van der Waals surface area contributed by atoms with Crippen LogP contribution in [-0.2, 0) is 19.1 Å². The number of aliphatic hydroxyl groups is 1. The third kappa shape index (κ3) is 5.05. The Morgan fingerprint density at radius 1 is 1.13 bits per heavy atom. The second kappa shape index (κ2) is 6.06. The van der Waals surface area contributed by atoms with Crippen LogP contribution in [0.15, 0.2) is 0 Å². The second-order valence-electron chi connectivity index (χ2n) is 2.81. The zero-order valence-corrected chi connectivity index (χ0v) is 7.88. The molecule has 0 spiro atoms. The predicted octanol–water partition coefficient (Wildman–Crippen LogP) is -3.42. The van der Waals surface area contributed by atoms with E-state index in [1.807, 2.05) is 0 Å². The van der Waals surface area contributed by atoms with E-state index in [4.69, 9.17) is 22.3 Å². The molecule has 8 nitrogen and oxygen atoms in total. The lowest BCUT2D eigenvalue weighted by Gasteiger charge is -2.10. The van der Waals surface area contributed by atoms with E-state index in [-0.39, 0.29) is 0 Å². The number of nitrogens with two attached hydrogens (primary N) is 3. The van der Waals surface area contributed by atoms with Gasteiger partial charge >= 0.3 is 11.9 Å². The fourth-order valence-corrected chi connectivity index (χ4v) is 0.625. The van der Waals surface area contributed by atoms with Crippen LogP contribution in [0.3, 0.4) is 0 Å². The van der Waals surface area contributed by atoms with Crippen molar-refractivity contribution in [2.45, 2.75) is 18.5 Å². The molecule has 0 aromatic rings. The van der Waals surface area contributed by atoms with Crippen molar-refractivity contribution in [1.82, 2.24) is 0 Å². The molecule has 0 bridgehead atoms. The van der Waals surface area contributed by atoms with E-state index >= 15 is 0 Å². The second-order valence-corrected chi connectivity index (χ2v) is 2.81. The highest BCUT2D eigenvalue weighted by Gasteiger charge is 2.23. The summed E-state index contributed by atoms with van der Waals surface area (Å²) in [7, 11) is 0. The summed E-state index contributed by atoms with van der Waals surface area (Å²) >= 11 is 0. The minimum Gasteiger partial charge on any atom is -0.394 e. The van der Waals surface area contributed by atoms with Crippen molar-refractivity contribution in [1.29, 1.82) is 0 Å². The first-order valence-corrected chi connectivity index (χ1v) is 4.04. The summed E-state index contributed by atoms with van der Waals surface area (Å²) in [5, 5.41) is 8.46. The number of amides is 1. The van der Waals surface area contributed by atoms with Gasteiger partial charge in [-0.05, 0) is 0 Å². The van der Waals surface area contributed by atoms with Crippen molar-refractivity contribution in [3.63, 3.8) is 0 Å². The SMILES string of the molecule is NC(=O)C[C@H](N)C(=O)OC(=O)[C@@H](N)CO. The Kier molecular flexibility index (Phi) is 5.45. The van der Waals surface area contributed by atoms with Crippen LogP contribution in [0.2, 0.25) is 0 Å². The Bertz CT molecular complexity index is 267. The van der Waals surface area contributed by atoms with Crippen LogP contribution in [0.5, 0.6) is 0 Å². The lowest BCUT2D eigenvalue weighted by atomic mass is 10.2. The van der Waals surface area contributed by atoms with Crippen LogP contribution in [-0.4, -0.2) is 41.6 Å². The molecular weight excluding hydrogens is 206 g/mol. The number of primary amides is 1. The number of esters is 2. The molecule has 0 unspecified atom stereocenters. The minimum absolute atomic E-state index is 0.430. The van der Waals surface area contributed by atoms with Gasteiger partial charge in [0, 0.05) is 0 Å². The zero-order chi connectivity index (χ0) is 12.0. The fraction of sp³-hybridized carbons (Fsp3) is 0.571. The van der Waals surface area contributed by atoms with Gasteiger partial charge in [-0.3, -0.25) is 4.79 Å². The first kappa shape index (κ1) is 13.5. The molecule has 7 N–H and O–H groups in total. The topological polar surface area (TPSA) is 159 Å². The van der Waals surface area contributed by atoms with Gasteiger partial charge in [0.05, 0.1) is 13.0 Å². The van der Waals surface area contributed by atoms with Gasteiger partial charge < -0.3 is 27.0 Å². The molecule has 0 radical (unpaired) electrons. The Hall–Kier alpha value is -1.51. The largest absolute Gasteiger partial charge is 0.394 e. The summed E-state index contributed by atoms with van der Waals surface area (Å²) in [6, 6.07) is -2.62. The van der Waals surface area contributed by atoms with Gasteiger partial charge in [-0.15, -0.1) is 0 Å². The number of hydrogen-bond acceptors (Lipinski definition) is 7. The standard InChI is InChI=1S/C7H13N3O5/c8-3(1-5(10)12)6(13)15-7(14)4(9)2-11/h3-4,11H,1-2,8-9H2,(H2,10,12)/t3-,4-/m0/s1. The summed E-state index contributed by atoms with van der Waals surface area (Å²) in [5.74, 6) is -3.01. The van der Waals surface area contributed by atoms with Crippen molar-refractivity contribution >= 4 is 17.8 Å². The van der Waals surface area contributed by atoms with Crippen LogP contribution in [0.4, 0.5) is 0 Å². The van der Waals surface area contributed by atoms with E-state index in [1.54, 1.807) is 0 Å². The van der Waals surface area contributed by atoms with Crippen molar-refractivity contribution in [2.75, 3.05) is 6.61 Å². The molecule has 0 fully saturated rings. The van der Waals surface area contributed by atoms with Crippen LogP contribution in [0, 0.1) is 0 Å². The average Bonchev–Trinajstić information content (AvgIpc) is 2.15. The van der Waals surface area contributed by atoms with Crippen LogP contribution in [0.1, 0.15) is 6.42 Å². The quantitative estimate of drug-likeness (QED) is 0.276. The van der Waals surface area contributed by atoms with Crippen LogP contribution < -0.4 is 17.2 Å². The Balaban J connectivity index is 4.13. The molecular formula is C7H13N3O5. The maximum Gasteiger partial charge on any atom is 0.332 e. The molecule has 15 heavy (non-hydrogen) atoms. The monoisotopic (exact) mass is 219 g/mol. The first-order valence-electron chi connectivity index (χ1n) is 4.04. The zero-order valence-electron chi connectivity index (χ0n) is 7.88. The number of aliphatic hydroxyl groups excluding tert-OH is 1. The van der Waals surface area contributed by atoms with Gasteiger partial charge in [0.2, 0.25) is 5.91 Å². The van der Waals surface area contributed by atoms with Gasteiger partial charge in [0.1, 0.15) is 12.1 Å². The van der Waals surface area contributed by atoms with Crippen LogP contribution >= 0.6 is 0 Å². The Morgan fingerprint density at radius 3 is 2.00 bits per heavy atom. The van der Waals surface area contributed by atoms with E-state index < -0.39 is 43.0 Å². The molecule has 2 atom stereocenters. The molecule has 0 aromatic carbocycles. The maximum absolute atomic E-state index is 11.0. The Labute approximate surface area is 85.3 Å². The molecule has 8 heteroatoms. The molecule has 0 rings (SSSR count). The lowest BCUT2D eigenvalue weighted by Crippen LogP contribution is -2.42. The highest BCUT2D eigenvalue weighted by Crippen LogP contribution is 1.94. The minimum atomic E-state index is -1.31. The molecule has 0 aliphatic carbocycles. The van der Waals surface area contributed by atoms with Crippen molar-refractivity contribution < 1.29 is 24.2 Å². The molecule has 0 aliphatic rings. The van der Waals surface area contributed by atoms with E-state index in [1.165, 1.54) is 0 Å². The summed E-state index contributed by atoms with van der Waals surface area (Å²) in [6.07, 6.45) is -0.430. The van der Waals surface area contributed by atoms with Gasteiger partial charge in [0.15, 0.2) is 0 Å². The molecule has 0 saturated heterocycles. The predicted molar refractivity (Wildman–Crippen MR) is 47.9 cm³/mol. The number of carbonyl (C=O) groups excluding carboxylic acids is 3. The number of carbonyl (C=O) groups is 3. The average molecular weight is 219 g/mol. The number of hydrogen-bond donors (Lipinski definition) is 4. The third-order valence-corrected chi connectivity index (χ3v) is 1.42. The van der Waals surface area contributed by atoms with E-state index in [0.717, 1.165) is 0 Å². The molecule has 0 heterocycles. The number of ether oxygens (including phenoxy) is 1. The van der Waals surface area contributed by atoms with E-state index in [0.29, 0.717) is 0 Å². The number of rotatable bonds is 5. The first-order chi connectivity index (χ1) is 6.88. The summed E-state index contributed by atoms with van der Waals surface area (Å²) in [6.45, 7) is -0.656. The Morgan fingerprint density at radius 2 is 1.60 bits per heavy atom. The molecule has 1 amide bonds. The molecule has 86 valence electrons. The summed E-state index contributed by atoms with van der Waals surface area (Å²) in [5.41, 5.74) is 15.0. The van der Waals surface area contributed by atoms with Gasteiger partial charge in [-0.1, -0.05) is 0 Å². The van der Waals surface area contributed by atoms with Crippen molar-refractivity contribution in [3.8, 4) is 0 Å². The van der Waals surface area contributed by atoms with Gasteiger partial charge in [-0.25, -0.2) is 9.59 Å².